The lowest BCUT2D eigenvalue weighted by Gasteiger charge is -2.03. The molecule has 0 aliphatic heterocycles. The summed E-state index contributed by atoms with van der Waals surface area (Å²) in [6.07, 6.45) is 1.34. The topological polar surface area (TPSA) is 81.0 Å². The summed E-state index contributed by atoms with van der Waals surface area (Å²) in [5, 5.41) is 0. The van der Waals surface area contributed by atoms with Crippen molar-refractivity contribution in [3.63, 3.8) is 0 Å². The van der Waals surface area contributed by atoms with E-state index in [9.17, 15) is 4.79 Å². The van der Waals surface area contributed by atoms with Crippen LogP contribution in [0.4, 0.5) is 5.69 Å². The highest BCUT2D eigenvalue weighted by molar-refractivity contribution is 5.57. The molecule has 0 atom stereocenters. The first-order valence-corrected chi connectivity index (χ1v) is 4.70. The van der Waals surface area contributed by atoms with Crippen LogP contribution >= 0.6 is 0 Å². The molecule has 82 valence electrons. The van der Waals surface area contributed by atoms with Gasteiger partial charge in [0.1, 0.15) is 17.3 Å². The molecule has 2 aromatic rings. The molecule has 3 N–H and O–H groups in total. The molecule has 0 radical (unpaired) electrons. The Labute approximate surface area is 91.9 Å². The summed E-state index contributed by atoms with van der Waals surface area (Å²) in [6.45, 7) is 0. The first kappa shape index (κ1) is 10.2. The number of ether oxygens (including phenoxy) is 1. The SMILES string of the molecule is COc1cccc(-c2ncc(N)c(=O)[nH]2)c1. The maximum Gasteiger partial charge on any atom is 0.274 e. The van der Waals surface area contributed by atoms with Crippen LogP contribution in [0.5, 0.6) is 5.75 Å². The molecular formula is C11H11N3O2. The van der Waals surface area contributed by atoms with Gasteiger partial charge in [-0.15, -0.1) is 0 Å². The first-order valence-electron chi connectivity index (χ1n) is 4.70. The van der Waals surface area contributed by atoms with Gasteiger partial charge in [0, 0.05) is 5.56 Å². The molecule has 0 aliphatic rings. The van der Waals surface area contributed by atoms with E-state index in [1.807, 2.05) is 18.2 Å². The van der Waals surface area contributed by atoms with Crippen molar-refractivity contribution in [2.24, 2.45) is 0 Å². The zero-order chi connectivity index (χ0) is 11.5. The maximum absolute atomic E-state index is 11.3. The number of nitrogens with two attached hydrogens (primary N) is 1. The fourth-order valence-corrected chi connectivity index (χ4v) is 1.32. The van der Waals surface area contributed by atoms with Gasteiger partial charge in [0.2, 0.25) is 0 Å². The second-order valence-corrected chi connectivity index (χ2v) is 3.25. The highest BCUT2D eigenvalue weighted by Gasteiger charge is 2.03. The summed E-state index contributed by atoms with van der Waals surface area (Å²) in [5.41, 5.74) is 5.93. The second-order valence-electron chi connectivity index (χ2n) is 3.25. The van der Waals surface area contributed by atoms with Gasteiger partial charge in [-0.1, -0.05) is 12.1 Å². The van der Waals surface area contributed by atoms with E-state index in [-0.39, 0.29) is 11.2 Å². The number of aromatic amines is 1. The van der Waals surface area contributed by atoms with E-state index < -0.39 is 0 Å². The third kappa shape index (κ3) is 1.88. The third-order valence-corrected chi connectivity index (χ3v) is 2.17. The summed E-state index contributed by atoms with van der Waals surface area (Å²) >= 11 is 0. The largest absolute Gasteiger partial charge is 0.497 e. The number of rotatable bonds is 2. The number of hydrogen-bond donors (Lipinski definition) is 2. The van der Waals surface area contributed by atoms with E-state index in [1.54, 1.807) is 13.2 Å². The fourth-order valence-electron chi connectivity index (χ4n) is 1.32. The van der Waals surface area contributed by atoms with Crippen LogP contribution < -0.4 is 16.0 Å². The standard InChI is InChI=1S/C11H11N3O2/c1-16-8-4-2-3-7(5-8)10-13-6-9(12)11(15)14-10/h2-6H,12H2,1H3,(H,13,14,15). The van der Waals surface area contributed by atoms with E-state index >= 15 is 0 Å². The van der Waals surface area contributed by atoms with Gasteiger partial charge >= 0.3 is 0 Å². The number of nitrogens with zero attached hydrogens (tertiary/aromatic N) is 1. The molecule has 5 nitrogen and oxygen atoms in total. The molecule has 0 fully saturated rings. The molecule has 0 spiro atoms. The van der Waals surface area contributed by atoms with Gasteiger partial charge in [-0.05, 0) is 12.1 Å². The second kappa shape index (κ2) is 4.06. The molecule has 0 saturated heterocycles. The average Bonchev–Trinajstić information content (AvgIpc) is 2.33. The molecule has 2 rings (SSSR count). The van der Waals surface area contributed by atoms with Crippen LogP contribution in [-0.4, -0.2) is 17.1 Å². The van der Waals surface area contributed by atoms with Crippen LogP contribution in [0.15, 0.2) is 35.3 Å². The predicted molar refractivity (Wildman–Crippen MR) is 61.3 cm³/mol. The summed E-state index contributed by atoms with van der Waals surface area (Å²) in [7, 11) is 1.58. The Kier molecular flexibility index (Phi) is 2.59. The monoisotopic (exact) mass is 217 g/mol. The van der Waals surface area contributed by atoms with Crippen molar-refractivity contribution < 1.29 is 4.74 Å². The van der Waals surface area contributed by atoms with Gasteiger partial charge in [0.05, 0.1) is 13.3 Å². The average molecular weight is 217 g/mol. The van der Waals surface area contributed by atoms with E-state index in [1.165, 1.54) is 6.20 Å². The molecule has 0 aliphatic carbocycles. The van der Waals surface area contributed by atoms with Gasteiger partial charge in [-0.3, -0.25) is 4.79 Å². The van der Waals surface area contributed by atoms with Crippen molar-refractivity contribution in [2.45, 2.75) is 0 Å². The van der Waals surface area contributed by atoms with Gasteiger partial charge in [0.15, 0.2) is 0 Å². The number of anilines is 1. The Morgan fingerprint density at radius 3 is 2.94 bits per heavy atom. The van der Waals surface area contributed by atoms with Crippen molar-refractivity contribution in [2.75, 3.05) is 12.8 Å². The van der Waals surface area contributed by atoms with E-state index in [0.29, 0.717) is 11.6 Å². The lowest BCUT2D eigenvalue weighted by molar-refractivity contribution is 0.415. The number of nitrogen functional groups attached to an aromatic ring is 1. The fraction of sp³-hybridized carbons (Fsp3) is 0.0909. The van der Waals surface area contributed by atoms with Crippen LogP contribution in [-0.2, 0) is 0 Å². The number of benzene rings is 1. The summed E-state index contributed by atoms with van der Waals surface area (Å²) in [6, 6.07) is 7.26. The van der Waals surface area contributed by atoms with E-state index in [2.05, 4.69) is 9.97 Å². The minimum Gasteiger partial charge on any atom is -0.497 e. The Morgan fingerprint density at radius 1 is 1.44 bits per heavy atom. The Morgan fingerprint density at radius 2 is 2.25 bits per heavy atom. The zero-order valence-electron chi connectivity index (χ0n) is 8.73. The Bertz CT molecular complexity index is 563. The summed E-state index contributed by atoms with van der Waals surface area (Å²) in [4.78, 5) is 18.0. The summed E-state index contributed by atoms with van der Waals surface area (Å²) in [5.74, 6) is 1.18. The van der Waals surface area contributed by atoms with Crippen LogP contribution in [0, 0.1) is 0 Å². The minimum absolute atomic E-state index is 0.103. The normalized spacial score (nSPS) is 10.1. The summed E-state index contributed by atoms with van der Waals surface area (Å²) < 4.78 is 5.09. The molecule has 16 heavy (non-hydrogen) atoms. The maximum atomic E-state index is 11.3. The first-order chi connectivity index (χ1) is 7.70. The quantitative estimate of drug-likeness (QED) is 0.787. The zero-order valence-corrected chi connectivity index (χ0v) is 8.73. The number of H-pyrrole nitrogens is 1. The molecule has 1 aromatic carbocycles. The van der Waals surface area contributed by atoms with Gasteiger partial charge < -0.3 is 15.5 Å². The molecule has 1 aromatic heterocycles. The smallest absolute Gasteiger partial charge is 0.274 e. The molecule has 0 unspecified atom stereocenters. The van der Waals surface area contributed by atoms with Crippen LogP contribution in [0.3, 0.4) is 0 Å². The van der Waals surface area contributed by atoms with Crippen molar-refractivity contribution in [1.29, 1.82) is 0 Å². The molecular weight excluding hydrogens is 206 g/mol. The Hall–Kier alpha value is -2.30. The molecule has 0 saturated carbocycles. The molecule has 1 heterocycles. The molecule has 0 amide bonds. The molecule has 0 bridgehead atoms. The number of nitrogens with one attached hydrogen (secondary N) is 1. The van der Waals surface area contributed by atoms with Crippen LogP contribution in [0.2, 0.25) is 0 Å². The van der Waals surface area contributed by atoms with Gasteiger partial charge in [-0.25, -0.2) is 4.98 Å². The van der Waals surface area contributed by atoms with Crippen LogP contribution in [0.1, 0.15) is 0 Å². The highest BCUT2D eigenvalue weighted by atomic mass is 16.5. The number of aromatic nitrogens is 2. The van der Waals surface area contributed by atoms with Crippen molar-refractivity contribution in [1.82, 2.24) is 9.97 Å². The lowest BCUT2D eigenvalue weighted by atomic mass is 10.2. The van der Waals surface area contributed by atoms with Crippen molar-refractivity contribution in [3.8, 4) is 17.1 Å². The van der Waals surface area contributed by atoms with E-state index in [0.717, 1.165) is 5.56 Å². The van der Waals surface area contributed by atoms with Gasteiger partial charge in [0.25, 0.3) is 5.56 Å². The van der Waals surface area contributed by atoms with Gasteiger partial charge in [-0.2, -0.15) is 0 Å². The van der Waals surface area contributed by atoms with E-state index in [4.69, 9.17) is 10.5 Å². The number of hydrogen-bond acceptors (Lipinski definition) is 4. The van der Waals surface area contributed by atoms with Crippen LogP contribution in [0.25, 0.3) is 11.4 Å². The minimum atomic E-state index is -0.340. The lowest BCUT2D eigenvalue weighted by Crippen LogP contribution is -2.13. The highest BCUT2D eigenvalue weighted by Crippen LogP contribution is 2.19. The van der Waals surface area contributed by atoms with Crippen molar-refractivity contribution in [3.05, 3.63) is 40.8 Å². The number of methoxy groups -OCH3 is 1. The Balaban J connectivity index is 2.50. The van der Waals surface area contributed by atoms with Crippen molar-refractivity contribution >= 4 is 5.69 Å². The third-order valence-electron chi connectivity index (χ3n) is 2.17. The molecule has 5 heteroatoms. The predicted octanol–water partition coefficient (Wildman–Crippen LogP) is 1.03.